The van der Waals surface area contributed by atoms with Gasteiger partial charge in [0.05, 0.1) is 17.2 Å². The van der Waals surface area contributed by atoms with Crippen molar-refractivity contribution in [2.24, 2.45) is 0 Å². The predicted molar refractivity (Wildman–Crippen MR) is 139 cm³/mol. The lowest BCUT2D eigenvalue weighted by molar-refractivity contribution is -0.192. The maximum Gasteiger partial charge on any atom is 0.490 e. The lowest BCUT2D eigenvalue weighted by Gasteiger charge is -2.13. The number of sulfonamides is 1. The van der Waals surface area contributed by atoms with Crippen molar-refractivity contribution >= 4 is 32.6 Å². The van der Waals surface area contributed by atoms with Crippen molar-refractivity contribution in [3.8, 4) is 22.4 Å². The zero-order valence-electron chi connectivity index (χ0n) is 20.6. The minimum absolute atomic E-state index is 0.0592. The molecule has 0 unspecified atom stereocenters. The molecule has 0 bridgehead atoms. The fourth-order valence-electron chi connectivity index (χ4n) is 3.80. The number of carbonyl (C=O) groups is 1. The van der Waals surface area contributed by atoms with Crippen LogP contribution in [0.15, 0.2) is 94.7 Å². The zero-order chi connectivity index (χ0) is 29.8. The second-order valence-electron chi connectivity index (χ2n) is 8.38. The van der Waals surface area contributed by atoms with Gasteiger partial charge < -0.3 is 14.7 Å². The molecule has 0 radical (unpaired) electrons. The number of aliphatic hydroxyl groups excluding tert-OH is 1. The molecule has 0 saturated heterocycles. The predicted octanol–water partition coefficient (Wildman–Crippen LogP) is 5.62. The van der Waals surface area contributed by atoms with Crippen LogP contribution in [0.4, 0.5) is 23.4 Å². The van der Waals surface area contributed by atoms with E-state index < -0.39 is 22.2 Å². The molecule has 0 aliphatic carbocycles. The third-order valence-electron chi connectivity index (χ3n) is 5.65. The van der Waals surface area contributed by atoms with E-state index in [4.69, 9.17) is 9.90 Å². The summed E-state index contributed by atoms with van der Waals surface area (Å²) in [6, 6.07) is 19.5. The lowest BCUT2D eigenvalue weighted by atomic mass is 9.95. The summed E-state index contributed by atoms with van der Waals surface area (Å²) in [4.78, 5) is 13.5. The normalized spacial score (nSPS) is 11.5. The number of aromatic nitrogens is 2. The van der Waals surface area contributed by atoms with Crippen LogP contribution in [-0.2, 0) is 21.4 Å². The molecule has 41 heavy (non-hydrogen) atoms. The first-order chi connectivity index (χ1) is 19.4. The fourth-order valence-corrected chi connectivity index (χ4v) is 4.83. The molecule has 9 nitrogen and oxygen atoms in total. The van der Waals surface area contributed by atoms with Crippen LogP contribution < -0.4 is 4.72 Å². The van der Waals surface area contributed by atoms with Crippen LogP contribution in [0.1, 0.15) is 5.56 Å². The van der Waals surface area contributed by atoms with E-state index in [-0.39, 0.29) is 23.1 Å². The van der Waals surface area contributed by atoms with Gasteiger partial charge in [-0.25, -0.2) is 17.6 Å². The Labute approximate surface area is 229 Å². The number of pyridine rings is 1. The monoisotopic (exact) mass is 589 g/mol. The second-order valence-corrected chi connectivity index (χ2v) is 10.1. The Bertz CT molecular complexity index is 1810. The molecule has 0 spiro atoms. The fraction of sp³-hybridized carbons (Fsp3) is 0.0741. The van der Waals surface area contributed by atoms with Gasteiger partial charge in [-0.3, -0.25) is 9.71 Å². The van der Waals surface area contributed by atoms with Gasteiger partial charge >= 0.3 is 12.1 Å². The minimum atomic E-state index is -5.08. The summed E-state index contributed by atoms with van der Waals surface area (Å²) in [5.74, 6) is -3.01. The smallest absolute Gasteiger partial charge is 0.475 e. The van der Waals surface area contributed by atoms with Crippen LogP contribution in [0, 0.1) is 5.82 Å². The molecule has 0 amide bonds. The van der Waals surface area contributed by atoms with E-state index in [1.807, 2.05) is 12.1 Å². The Balaban J connectivity index is 0.000000493. The van der Waals surface area contributed by atoms with E-state index in [0.29, 0.717) is 27.8 Å². The van der Waals surface area contributed by atoms with Crippen molar-refractivity contribution in [3.05, 3.63) is 96.6 Å². The van der Waals surface area contributed by atoms with Crippen LogP contribution in [0.2, 0.25) is 0 Å². The van der Waals surface area contributed by atoms with Gasteiger partial charge in [-0.2, -0.15) is 13.2 Å². The van der Waals surface area contributed by atoms with Crippen molar-refractivity contribution in [1.82, 2.24) is 10.1 Å². The molecule has 212 valence electrons. The van der Waals surface area contributed by atoms with E-state index in [2.05, 4.69) is 19.4 Å². The molecule has 2 heterocycles. The van der Waals surface area contributed by atoms with Crippen LogP contribution in [-0.4, -0.2) is 40.9 Å². The summed E-state index contributed by atoms with van der Waals surface area (Å²) >= 11 is 0. The lowest BCUT2D eigenvalue weighted by Crippen LogP contribution is -2.21. The number of hydrogen-bond donors (Lipinski definition) is 3. The van der Waals surface area contributed by atoms with Gasteiger partial charge in [0.15, 0.2) is 5.82 Å². The highest BCUT2D eigenvalue weighted by molar-refractivity contribution is 7.92. The quantitative estimate of drug-likeness (QED) is 0.217. The molecule has 0 atom stereocenters. The molecule has 14 heteroatoms. The van der Waals surface area contributed by atoms with Crippen molar-refractivity contribution in [3.63, 3.8) is 0 Å². The van der Waals surface area contributed by atoms with Gasteiger partial charge in [-0.05, 0) is 58.5 Å². The van der Waals surface area contributed by atoms with Crippen molar-refractivity contribution < 1.29 is 45.5 Å². The Kier molecular flexibility index (Phi) is 8.35. The Morgan fingerprint density at radius 3 is 2.34 bits per heavy atom. The van der Waals surface area contributed by atoms with E-state index in [0.717, 1.165) is 10.9 Å². The number of nitrogens with one attached hydrogen (secondary N) is 1. The van der Waals surface area contributed by atoms with Crippen molar-refractivity contribution in [1.29, 1.82) is 0 Å². The number of aliphatic carboxylic acids is 1. The summed E-state index contributed by atoms with van der Waals surface area (Å²) in [5, 5.41) is 22.1. The highest BCUT2D eigenvalue weighted by atomic mass is 32.2. The summed E-state index contributed by atoms with van der Waals surface area (Å²) in [7, 11) is -3.87. The Morgan fingerprint density at radius 2 is 1.71 bits per heavy atom. The van der Waals surface area contributed by atoms with Crippen LogP contribution in [0.5, 0.6) is 0 Å². The van der Waals surface area contributed by atoms with E-state index >= 15 is 0 Å². The summed E-state index contributed by atoms with van der Waals surface area (Å²) in [6.07, 6.45) is -2.23. The number of anilines is 1. The van der Waals surface area contributed by atoms with E-state index in [1.165, 1.54) is 30.5 Å². The average Bonchev–Trinajstić information content (AvgIpc) is 3.44. The second kappa shape index (κ2) is 11.7. The SMILES string of the molecule is O=C(O)C(F)(F)F.O=S(=O)(Nc1ccon1)c1ccc2c(-c3ccc(-c4cccc(F)c4)cc3CO)nccc2c1. The maximum atomic E-state index is 13.7. The molecule has 0 aliphatic heterocycles. The first-order valence-electron chi connectivity index (χ1n) is 11.5. The summed E-state index contributed by atoms with van der Waals surface area (Å²) in [5.41, 5.74) is 3.37. The number of hydrogen-bond acceptors (Lipinski definition) is 7. The maximum absolute atomic E-state index is 13.7. The molecule has 5 aromatic rings. The molecule has 0 fully saturated rings. The van der Waals surface area contributed by atoms with Crippen molar-refractivity contribution in [2.75, 3.05) is 4.72 Å². The van der Waals surface area contributed by atoms with Gasteiger partial charge in [0.25, 0.3) is 10.0 Å². The van der Waals surface area contributed by atoms with E-state index in [1.54, 1.807) is 42.6 Å². The first-order valence-corrected chi connectivity index (χ1v) is 13.0. The highest BCUT2D eigenvalue weighted by Gasteiger charge is 2.38. The molecular formula is C27H19F4N3O6S. The van der Waals surface area contributed by atoms with Gasteiger partial charge in [0.2, 0.25) is 0 Å². The third-order valence-corrected chi connectivity index (χ3v) is 7.01. The summed E-state index contributed by atoms with van der Waals surface area (Å²) < 4.78 is 77.9. The molecule has 2 aromatic heterocycles. The largest absolute Gasteiger partial charge is 0.490 e. The van der Waals surface area contributed by atoms with Crippen LogP contribution >= 0.6 is 0 Å². The molecule has 5 rings (SSSR count). The number of halogens is 4. The first kappa shape index (κ1) is 29.2. The number of alkyl halides is 3. The highest BCUT2D eigenvalue weighted by Crippen LogP contribution is 2.33. The number of nitrogens with zero attached hydrogens (tertiary/aromatic N) is 2. The van der Waals surface area contributed by atoms with Gasteiger partial charge in [-0.15, -0.1) is 0 Å². The molecular weight excluding hydrogens is 570 g/mol. The summed E-state index contributed by atoms with van der Waals surface area (Å²) in [6.45, 7) is -0.245. The Morgan fingerprint density at radius 1 is 0.976 bits per heavy atom. The van der Waals surface area contributed by atoms with Crippen LogP contribution in [0.3, 0.4) is 0 Å². The van der Waals surface area contributed by atoms with Crippen LogP contribution in [0.25, 0.3) is 33.2 Å². The molecule has 0 saturated carbocycles. The number of rotatable bonds is 6. The minimum Gasteiger partial charge on any atom is -0.475 e. The van der Waals surface area contributed by atoms with Gasteiger partial charge in [0, 0.05) is 23.2 Å². The number of benzene rings is 3. The number of carboxylic acids is 1. The number of fused-ring (bicyclic) bond motifs is 1. The average molecular weight is 590 g/mol. The number of aliphatic hydroxyl groups is 1. The molecule has 3 aromatic carbocycles. The van der Waals surface area contributed by atoms with Crippen molar-refractivity contribution in [2.45, 2.75) is 17.7 Å². The standard InChI is InChI=1S/C25H18FN3O4S.C2HF3O2/c26-20-3-1-2-16(13-20)17-4-6-23(19(12-17)15-30)25-22-7-5-21(14-18(22)8-10-27-25)34(31,32)29-24-9-11-33-28-24;3-2(4,5)1(6)7/h1-14,30H,15H2,(H,28,29);(H,6,7). The Hall–Kier alpha value is -4.82. The van der Waals surface area contributed by atoms with E-state index in [9.17, 15) is 31.1 Å². The number of carboxylic acid groups (broad SMARTS) is 1. The zero-order valence-corrected chi connectivity index (χ0v) is 21.4. The molecule has 3 N–H and O–H groups in total. The van der Waals surface area contributed by atoms with Gasteiger partial charge in [-0.1, -0.05) is 35.5 Å². The molecule has 0 aliphatic rings. The third kappa shape index (κ3) is 6.85. The van der Waals surface area contributed by atoms with Gasteiger partial charge in [0.1, 0.15) is 12.1 Å². The topological polar surface area (TPSA) is 143 Å².